The third-order valence-corrected chi connectivity index (χ3v) is 4.30. The van der Waals surface area contributed by atoms with Crippen molar-refractivity contribution in [2.45, 2.75) is 6.54 Å². The first-order valence-corrected chi connectivity index (χ1v) is 7.57. The monoisotopic (exact) mass is 312 g/mol. The van der Waals surface area contributed by atoms with Gasteiger partial charge in [0.25, 0.3) is 5.91 Å². The number of aromatic nitrogens is 1. The van der Waals surface area contributed by atoms with E-state index in [9.17, 15) is 10.1 Å². The smallest absolute Gasteiger partial charge is 0.268 e. The molecule has 1 aliphatic rings. The van der Waals surface area contributed by atoms with Crippen molar-refractivity contribution in [3.8, 4) is 23.3 Å². The second-order valence-corrected chi connectivity index (χ2v) is 5.70. The molecule has 114 valence electrons. The van der Waals surface area contributed by atoms with E-state index in [0.29, 0.717) is 29.9 Å². The lowest BCUT2D eigenvalue weighted by molar-refractivity contribution is 0.0929. The Bertz CT molecular complexity index is 1060. The van der Waals surface area contributed by atoms with Gasteiger partial charge in [0, 0.05) is 24.0 Å². The number of rotatable bonds is 1. The van der Waals surface area contributed by atoms with Crippen molar-refractivity contribution >= 4 is 16.8 Å². The summed E-state index contributed by atoms with van der Waals surface area (Å²) in [6.07, 6.45) is 0. The Morgan fingerprint density at radius 3 is 2.46 bits per heavy atom. The Balaban J connectivity index is 2.04. The van der Waals surface area contributed by atoms with Gasteiger partial charge in [0.2, 0.25) is 0 Å². The van der Waals surface area contributed by atoms with Crippen molar-refractivity contribution in [3.05, 3.63) is 59.3 Å². The topological polar surface area (TPSA) is 81.6 Å². The zero-order chi connectivity index (χ0) is 16.7. The number of amides is 1. The van der Waals surface area contributed by atoms with Crippen LogP contribution in [0.25, 0.3) is 22.0 Å². The van der Waals surface area contributed by atoms with Crippen molar-refractivity contribution in [2.24, 2.45) is 0 Å². The number of fused-ring (bicyclic) bond motifs is 3. The van der Waals surface area contributed by atoms with Crippen LogP contribution in [-0.2, 0) is 6.54 Å². The molecule has 1 aliphatic heterocycles. The molecule has 0 saturated heterocycles. The van der Waals surface area contributed by atoms with Gasteiger partial charge >= 0.3 is 0 Å². The Morgan fingerprint density at radius 2 is 1.75 bits per heavy atom. The molecule has 0 saturated carbocycles. The highest BCUT2D eigenvalue weighted by Crippen LogP contribution is 2.33. The summed E-state index contributed by atoms with van der Waals surface area (Å²) in [5.74, 6) is -0.0956. The highest BCUT2D eigenvalue weighted by molar-refractivity contribution is 6.04. The van der Waals surface area contributed by atoms with Crippen LogP contribution in [0.15, 0.2) is 42.5 Å². The molecule has 2 aromatic carbocycles. The average Bonchev–Trinajstić information content (AvgIpc) is 3.01. The van der Waals surface area contributed by atoms with E-state index in [2.05, 4.69) is 17.5 Å². The molecule has 0 aliphatic carbocycles. The summed E-state index contributed by atoms with van der Waals surface area (Å²) in [6.45, 7) is 1.28. The molecule has 0 spiro atoms. The SMILES string of the molecule is N#Cc1ccc(-c2cc(C#N)cc3cc4n(c23)CCNC4=O)cc1. The van der Waals surface area contributed by atoms with Crippen molar-refractivity contribution in [3.63, 3.8) is 0 Å². The normalized spacial score (nSPS) is 13.0. The van der Waals surface area contributed by atoms with E-state index in [4.69, 9.17) is 5.26 Å². The lowest BCUT2D eigenvalue weighted by atomic mass is 9.99. The van der Waals surface area contributed by atoms with E-state index in [1.807, 2.05) is 28.8 Å². The number of hydrogen-bond donors (Lipinski definition) is 1. The Hall–Kier alpha value is -3.57. The Kier molecular flexibility index (Phi) is 3.08. The minimum atomic E-state index is -0.0956. The number of nitrogens with one attached hydrogen (secondary N) is 1. The summed E-state index contributed by atoms with van der Waals surface area (Å²) in [5.41, 5.74) is 4.51. The lowest BCUT2D eigenvalue weighted by Crippen LogP contribution is -2.34. The van der Waals surface area contributed by atoms with Crippen LogP contribution in [0.4, 0.5) is 0 Å². The summed E-state index contributed by atoms with van der Waals surface area (Å²) in [6, 6.07) is 17.0. The first kappa shape index (κ1) is 14.0. The van der Waals surface area contributed by atoms with E-state index in [-0.39, 0.29) is 5.91 Å². The van der Waals surface area contributed by atoms with Crippen LogP contribution in [0, 0.1) is 22.7 Å². The van der Waals surface area contributed by atoms with Crippen molar-refractivity contribution in [2.75, 3.05) is 6.54 Å². The quantitative estimate of drug-likeness (QED) is 0.750. The number of hydrogen-bond acceptors (Lipinski definition) is 3. The van der Waals surface area contributed by atoms with Gasteiger partial charge in [-0.3, -0.25) is 4.79 Å². The summed E-state index contributed by atoms with van der Waals surface area (Å²) >= 11 is 0. The number of carbonyl (C=O) groups excluding carboxylic acids is 1. The average molecular weight is 312 g/mol. The van der Waals surface area contributed by atoms with Gasteiger partial charge in [-0.25, -0.2) is 0 Å². The molecule has 3 aromatic rings. The number of benzene rings is 2. The molecule has 1 N–H and O–H groups in total. The van der Waals surface area contributed by atoms with Crippen molar-refractivity contribution in [1.82, 2.24) is 9.88 Å². The summed E-state index contributed by atoms with van der Waals surface area (Å²) < 4.78 is 2.00. The Morgan fingerprint density at radius 1 is 1.00 bits per heavy atom. The van der Waals surface area contributed by atoms with Gasteiger partial charge in [-0.05, 0) is 35.9 Å². The van der Waals surface area contributed by atoms with Gasteiger partial charge in [-0.1, -0.05) is 12.1 Å². The summed E-state index contributed by atoms with van der Waals surface area (Å²) in [5, 5.41) is 22.0. The molecule has 2 heterocycles. The molecular weight excluding hydrogens is 300 g/mol. The third-order valence-electron chi connectivity index (χ3n) is 4.30. The molecule has 5 nitrogen and oxygen atoms in total. The van der Waals surface area contributed by atoms with E-state index in [0.717, 1.165) is 22.0 Å². The lowest BCUT2D eigenvalue weighted by Gasteiger charge is -2.18. The maximum absolute atomic E-state index is 12.1. The first-order chi connectivity index (χ1) is 11.7. The van der Waals surface area contributed by atoms with E-state index in [1.165, 1.54) is 0 Å². The summed E-state index contributed by atoms with van der Waals surface area (Å²) in [4.78, 5) is 12.1. The largest absolute Gasteiger partial charge is 0.349 e. The minimum Gasteiger partial charge on any atom is -0.349 e. The molecule has 1 aromatic heterocycles. The molecule has 0 bridgehead atoms. The maximum Gasteiger partial charge on any atom is 0.268 e. The van der Waals surface area contributed by atoms with Gasteiger partial charge in [0.15, 0.2) is 0 Å². The van der Waals surface area contributed by atoms with Crippen LogP contribution in [0.5, 0.6) is 0 Å². The van der Waals surface area contributed by atoms with E-state index >= 15 is 0 Å². The Labute approximate surface area is 138 Å². The molecule has 0 unspecified atom stereocenters. The predicted molar refractivity (Wildman–Crippen MR) is 89.1 cm³/mol. The van der Waals surface area contributed by atoms with Crippen LogP contribution in [0.2, 0.25) is 0 Å². The fourth-order valence-corrected chi connectivity index (χ4v) is 3.21. The fraction of sp³-hybridized carbons (Fsp3) is 0.105. The molecule has 4 rings (SSSR count). The van der Waals surface area contributed by atoms with E-state index in [1.54, 1.807) is 18.2 Å². The van der Waals surface area contributed by atoms with Crippen molar-refractivity contribution in [1.29, 1.82) is 10.5 Å². The predicted octanol–water partition coefficient (Wildman–Crippen LogP) is 2.80. The van der Waals surface area contributed by atoms with Crippen LogP contribution < -0.4 is 5.32 Å². The van der Waals surface area contributed by atoms with Gasteiger partial charge in [0.05, 0.1) is 28.8 Å². The maximum atomic E-state index is 12.1. The van der Waals surface area contributed by atoms with Crippen LogP contribution in [0.1, 0.15) is 21.6 Å². The van der Waals surface area contributed by atoms with Crippen LogP contribution in [0.3, 0.4) is 0 Å². The highest BCUT2D eigenvalue weighted by Gasteiger charge is 2.22. The first-order valence-electron chi connectivity index (χ1n) is 7.57. The van der Waals surface area contributed by atoms with Gasteiger partial charge in [-0.2, -0.15) is 10.5 Å². The second-order valence-electron chi connectivity index (χ2n) is 5.70. The standard InChI is InChI=1S/C19H12N4O/c20-10-12-1-3-14(4-2-12)16-8-13(11-21)7-15-9-17-19(24)22-5-6-23(17)18(15)16/h1-4,7-9H,5-6H2,(H,22,24). The van der Waals surface area contributed by atoms with Gasteiger partial charge < -0.3 is 9.88 Å². The van der Waals surface area contributed by atoms with Crippen molar-refractivity contribution < 1.29 is 4.79 Å². The third kappa shape index (κ3) is 2.04. The zero-order valence-corrected chi connectivity index (χ0v) is 12.7. The van der Waals surface area contributed by atoms with E-state index < -0.39 is 0 Å². The van der Waals surface area contributed by atoms with Crippen LogP contribution >= 0.6 is 0 Å². The molecule has 0 fully saturated rings. The number of nitrogens with zero attached hydrogens (tertiary/aromatic N) is 3. The molecular formula is C19H12N4O. The minimum absolute atomic E-state index is 0.0956. The molecule has 1 amide bonds. The molecule has 0 atom stereocenters. The molecule has 0 radical (unpaired) electrons. The number of nitriles is 2. The number of carbonyl (C=O) groups is 1. The van der Waals surface area contributed by atoms with Crippen LogP contribution in [-0.4, -0.2) is 17.0 Å². The zero-order valence-electron chi connectivity index (χ0n) is 12.7. The van der Waals surface area contributed by atoms with Gasteiger partial charge in [0.1, 0.15) is 5.69 Å². The highest BCUT2D eigenvalue weighted by atomic mass is 16.2. The molecule has 5 heteroatoms. The summed E-state index contributed by atoms with van der Waals surface area (Å²) in [7, 11) is 0. The fourth-order valence-electron chi connectivity index (χ4n) is 3.21. The molecule has 24 heavy (non-hydrogen) atoms. The second kappa shape index (κ2) is 5.26. The van der Waals surface area contributed by atoms with Gasteiger partial charge in [-0.15, -0.1) is 0 Å².